The smallest absolute Gasteiger partial charge is 0.123 e. The van der Waals surface area contributed by atoms with Crippen molar-refractivity contribution in [2.24, 2.45) is 5.73 Å². The first kappa shape index (κ1) is 8.12. The molecule has 1 unspecified atom stereocenters. The molecule has 3 nitrogen and oxygen atoms in total. The molecule has 14 heavy (non-hydrogen) atoms. The summed E-state index contributed by atoms with van der Waals surface area (Å²) in [6.45, 7) is 0. The zero-order chi connectivity index (χ0) is 9.60. The van der Waals surface area contributed by atoms with E-state index in [1.807, 2.05) is 6.20 Å². The highest BCUT2D eigenvalue weighted by Gasteiger charge is 2.47. The van der Waals surface area contributed by atoms with Gasteiger partial charge in [0, 0.05) is 0 Å². The second-order valence-electron chi connectivity index (χ2n) is 4.27. The van der Waals surface area contributed by atoms with E-state index in [0.717, 1.165) is 19.3 Å². The van der Waals surface area contributed by atoms with Gasteiger partial charge in [0.25, 0.3) is 0 Å². The van der Waals surface area contributed by atoms with E-state index in [0.29, 0.717) is 0 Å². The molecule has 3 rings (SSSR count). The van der Waals surface area contributed by atoms with Gasteiger partial charge in [-0.25, -0.2) is 0 Å². The molecule has 0 saturated heterocycles. The molecular formula is C11H15N3. The third kappa shape index (κ3) is 1.09. The molecule has 0 aromatic heterocycles. The Morgan fingerprint density at radius 2 is 2.36 bits per heavy atom. The molecule has 0 aromatic rings. The summed E-state index contributed by atoms with van der Waals surface area (Å²) in [5.74, 6) is 0. The number of dihydropyridines is 1. The van der Waals surface area contributed by atoms with Crippen molar-refractivity contribution in [3.8, 4) is 0 Å². The lowest BCUT2D eigenvalue weighted by atomic mass is 10.0. The Kier molecular flexibility index (Phi) is 1.53. The Bertz CT molecular complexity index is 336. The molecule has 2 heterocycles. The predicted octanol–water partition coefficient (Wildman–Crippen LogP) is 1.02. The van der Waals surface area contributed by atoms with Gasteiger partial charge in [-0.05, 0) is 43.3 Å². The number of rotatable bonds is 1. The third-order valence-electron chi connectivity index (χ3n) is 3.19. The van der Waals surface area contributed by atoms with Crippen LogP contribution in [-0.2, 0) is 0 Å². The highest BCUT2D eigenvalue weighted by Crippen LogP contribution is 2.40. The molecule has 0 spiro atoms. The minimum absolute atomic E-state index is 0.0845. The molecular weight excluding hydrogens is 174 g/mol. The van der Waals surface area contributed by atoms with Crippen LogP contribution in [0.1, 0.15) is 19.3 Å². The van der Waals surface area contributed by atoms with Gasteiger partial charge in [-0.2, -0.15) is 0 Å². The summed E-state index contributed by atoms with van der Waals surface area (Å²) in [5, 5.41) is 3.36. The largest absolute Gasteiger partial charge is 0.368 e. The molecule has 1 aliphatic carbocycles. The molecule has 0 radical (unpaired) electrons. The van der Waals surface area contributed by atoms with Crippen LogP contribution in [0, 0.1) is 0 Å². The van der Waals surface area contributed by atoms with Gasteiger partial charge in [0.2, 0.25) is 0 Å². The van der Waals surface area contributed by atoms with Gasteiger partial charge in [0.1, 0.15) is 6.17 Å². The van der Waals surface area contributed by atoms with Crippen LogP contribution in [0.5, 0.6) is 0 Å². The Hall–Kier alpha value is -1.22. The Labute approximate surface area is 84.0 Å². The maximum absolute atomic E-state index is 6.21. The number of nitrogens with two attached hydrogens (primary N) is 1. The predicted molar refractivity (Wildman–Crippen MR) is 55.9 cm³/mol. The fourth-order valence-electron chi connectivity index (χ4n) is 2.14. The number of nitrogens with one attached hydrogen (secondary N) is 1. The third-order valence-corrected chi connectivity index (χ3v) is 3.19. The highest BCUT2D eigenvalue weighted by molar-refractivity contribution is 5.29. The average Bonchev–Trinajstić information content (AvgIpc) is 2.97. The van der Waals surface area contributed by atoms with Crippen molar-refractivity contribution in [2.45, 2.75) is 31.1 Å². The molecule has 1 saturated carbocycles. The zero-order valence-corrected chi connectivity index (χ0v) is 8.11. The normalized spacial score (nSPS) is 31.9. The van der Waals surface area contributed by atoms with Crippen molar-refractivity contribution in [2.75, 3.05) is 0 Å². The van der Waals surface area contributed by atoms with Crippen LogP contribution in [-0.4, -0.2) is 16.7 Å². The fourth-order valence-corrected chi connectivity index (χ4v) is 2.14. The van der Waals surface area contributed by atoms with Crippen molar-refractivity contribution < 1.29 is 0 Å². The standard InChI is InChI=1S/C11H15N3/c12-11(5-6-11)14-8-2-4-9-3-1-7-13-10(9)14/h1-3,7-8,10,13H,4-6,12H2. The van der Waals surface area contributed by atoms with E-state index in [1.54, 1.807) is 0 Å². The summed E-state index contributed by atoms with van der Waals surface area (Å²) in [4.78, 5) is 2.26. The van der Waals surface area contributed by atoms with Crippen LogP contribution in [0.4, 0.5) is 0 Å². The first-order chi connectivity index (χ1) is 6.80. The molecule has 1 atom stereocenters. The van der Waals surface area contributed by atoms with E-state index in [1.165, 1.54) is 5.57 Å². The van der Waals surface area contributed by atoms with Crippen molar-refractivity contribution in [3.05, 3.63) is 36.2 Å². The lowest BCUT2D eigenvalue weighted by Crippen LogP contribution is -2.54. The van der Waals surface area contributed by atoms with Crippen LogP contribution in [0.2, 0.25) is 0 Å². The van der Waals surface area contributed by atoms with Crippen LogP contribution in [0.3, 0.4) is 0 Å². The molecule has 3 heteroatoms. The minimum atomic E-state index is -0.0845. The van der Waals surface area contributed by atoms with E-state index in [2.05, 4.69) is 34.6 Å². The second kappa shape index (κ2) is 2.64. The first-order valence-electron chi connectivity index (χ1n) is 5.15. The van der Waals surface area contributed by atoms with Gasteiger partial charge in [0.15, 0.2) is 0 Å². The lowest BCUT2D eigenvalue weighted by Gasteiger charge is -2.40. The molecule has 0 aromatic carbocycles. The maximum Gasteiger partial charge on any atom is 0.123 e. The SMILES string of the molecule is NC1(N2C=CCC3=CC=CNC32)CC1. The van der Waals surface area contributed by atoms with Gasteiger partial charge in [-0.15, -0.1) is 0 Å². The minimum Gasteiger partial charge on any atom is -0.368 e. The summed E-state index contributed by atoms with van der Waals surface area (Å²) < 4.78 is 0. The molecule has 0 bridgehead atoms. The number of allylic oxidation sites excluding steroid dienone is 3. The van der Waals surface area contributed by atoms with Crippen LogP contribution < -0.4 is 11.1 Å². The van der Waals surface area contributed by atoms with Gasteiger partial charge >= 0.3 is 0 Å². The van der Waals surface area contributed by atoms with Crippen LogP contribution in [0.15, 0.2) is 36.2 Å². The Morgan fingerprint density at radius 3 is 3.14 bits per heavy atom. The van der Waals surface area contributed by atoms with Crippen molar-refractivity contribution >= 4 is 0 Å². The van der Waals surface area contributed by atoms with E-state index in [4.69, 9.17) is 5.73 Å². The van der Waals surface area contributed by atoms with E-state index >= 15 is 0 Å². The molecule has 2 aliphatic heterocycles. The monoisotopic (exact) mass is 189 g/mol. The van der Waals surface area contributed by atoms with Gasteiger partial charge < -0.3 is 16.0 Å². The number of hydrogen-bond donors (Lipinski definition) is 2. The van der Waals surface area contributed by atoms with E-state index in [-0.39, 0.29) is 11.8 Å². The fraction of sp³-hybridized carbons (Fsp3) is 0.455. The van der Waals surface area contributed by atoms with Gasteiger partial charge in [-0.1, -0.05) is 12.2 Å². The zero-order valence-electron chi connectivity index (χ0n) is 8.11. The average molecular weight is 189 g/mol. The molecule has 0 amide bonds. The van der Waals surface area contributed by atoms with Gasteiger partial charge in [-0.3, -0.25) is 0 Å². The molecule has 3 N–H and O–H groups in total. The second-order valence-corrected chi connectivity index (χ2v) is 4.27. The number of hydrogen-bond acceptors (Lipinski definition) is 3. The van der Waals surface area contributed by atoms with Crippen molar-refractivity contribution in [1.82, 2.24) is 10.2 Å². The lowest BCUT2D eigenvalue weighted by molar-refractivity contribution is 0.185. The Morgan fingerprint density at radius 1 is 1.50 bits per heavy atom. The summed E-state index contributed by atoms with van der Waals surface area (Å²) in [7, 11) is 0. The van der Waals surface area contributed by atoms with Crippen LogP contribution >= 0.6 is 0 Å². The topological polar surface area (TPSA) is 41.3 Å². The first-order valence-corrected chi connectivity index (χ1v) is 5.15. The number of nitrogens with zero attached hydrogens (tertiary/aromatic N) is 1. The van der Waals surface area contributed by atoms with Crippen molar-refractivity contribution in [3.63, 3.8) is 0 Å². The Balaban J connectivity index is 1.92. The van der Waals surface area contributed by atoms with E-state index < -0.39 is 0 Å². The maximum atomic E-state index is 6.21. The van der Waals surface area contributed by atoms with Gasteiger partial charge in [0.05, 0.1) is 5.66 Å². The molecule has 1 fully saturated rings. The van der Waals surface area contributed by atoms with E-state index in [9.17, 15) is 0 Å². The summed E-state index contributed by atoms with van der Waals surface area (Å²) in [6.07, 6.45) is 14.1. The van der Waals surface area contributed by atoms with Crippen LogP contribution in [0.25, 0.3) is 0 Å². The molecule has 74 valence electrons. The summed E-state index contributed by atoms with van der Waals surface area (Å²) >= 11 is 0. The number of fused-ring (bicyclic) bond motifs is 1. The quantitative estimate of drug-likeness (QED) is 0.647. The summed E-state index contributed by atoms with van der Waals surface area (Å²) in [5.41, 5.74) is 7.54. The molecule has 3 aliphatic rings. The van der Waals surface area contributed by atoms with Crippen molar-refractivity contribution in [1.29, 1.82) is 0 Å². The highest BCUT2D eigenvalue weighted by atomic mass is 15.4. The summed E-state index contributed by atoms with van der Waals surface area (Å²) in [6, 6.07) is 0.